The van der Waals surface area contributed by atoms with Crippen LogP contribution in [0.4, 0.5) is 0 Å². The zero-order chi connectivity index (χ0) is 15.6. The summed E-state index contributed by atoms with van der Waals surface area (Å²) in [5.41, 5.74) is 1.44. The van der Waals surface area contributed by atoms with E-state index in [0.717, 1.165) is 5.56 Å². The maximum atomic E-state index is 8.43. The van der Waals surface area contributed by atoms with Gasteiger partial charge >= 0.3 is 39.7 Å². The fraction of sp³-hybridized carbons (Fsp3) is 0. The molecule has 4 nitrogen and oxygen atoms in total. The van der Waals surface area contributed by atoms with Crippen LogP contribution in [0.3, 0.4) is 0 Å². The second kappa shape index (κ2) is 19.8. The molecule has 2 rings (SSSR count). The van der Waals surface area contributed by atoms with Crippen molar-refractivity contribution in [3.8, 4) is 12.1 Å². The van der Waals surface area contributed by atoms with Crippen LogP contribution < -0.4 is 0 Å². The maximum absolute atomic E-state index is 8.43. The Labute approximate surface area is 134 Å². The Morgan fingerprint density at radius 2 is 1.43 bits per heavy atom. The molecule has 0 saturated heterocycles. The molecule has 5 heteroatoms. The normalized spacial score (nSPS) is 6.19. The minimum atomic E-state index is 0. The molecule has 0 aliphatic heterocycles. The summed E-state index contributed by atoms with van der Waals surface area (Å²) >= 11 is 0. The summed E-state index contributed by atoms with van der Waals surface area (Å²) in [7, 11) is 0. The molecule has 0 spiro atoms. The van der Waals surface area contributed by atoms with Crippen molar-refractivity contribution in [2.45, 2.75) is 0 Å². The van der Waals surface area contributed by atoms with Crippen LogP contribution in [0.15, 0.2) is 54.6 Å². The topological polar surface area (TPSA) is 87.4 Å². The predicted octanol–water partition coefficient (Wildman–Crippen LogP) is 2.96. The van der Waals surface area contributed by atoms with Crippen LogP contribution in [0.5, 0.6) is 0 Å². The fourth-order valence-electron chi connectivity index (χ4n) is 1.05. The van der Waals surface area contributed by atoms with E-state index in [1.54, 1.807) is 24.3 Å². The van der Waals surface area contributed by atoms with Gasteiger partial charge in [-0.3, -0.25) is 0 Å². The summed E-state index contributed by atoms with van der Waals surface area (Å²) < 4.78 is 15.0. The van der Waals surface area contributed by atoms with Crippen molar-refractivity contribution in [2.24, 2.45) is 0 Å². The van der Waals surface area contributed by atoms with Crippen LogP contribution in [-0.2, 0) is 26.4 Å². The molecule has 0 aromatic heterocycles. The molecule has 2 aromatic carbocycles. The van der Waals surface area contributed by atoms with Gasteiger partial charge in [0.25, 0.3) is 0 Å². The Bertz CT molecular complexity index is 535. The molecule has 0 amide bonds. The van der Waals surface area contributed by atoms with Crippen LogP contribution in [0.25, 0.3) is 0 Å². The van der Waals surface area contributed by atoms with Gasteiger partial charge in [-0.2, -0.15) is 41.2 Å². The molecule has 0 aliphatic carbocycles. The van der Waals surface area contributed by atoms with Gasteiger partial charge in [-0.25, -0.2) is 17.4 Å². The Morgan fingerprint density at radius 1 is 0.952 bits per heavy atom. The first-order valence-electron chi connectivity index (χ1n) is 5.17. The number of hydrogen-bond donors (Lipinski definition) is 0. The molecule has 0 fully saturated rings. The molecule has 0 heterocycles. The number of rotatable bonds is 1. The average Bonchev–Trinajstić information content (AvgIpc) is 3.12. The van der Waals surface area contributed by atoms with E-state index in [-0.39, 0.29) is 17.1 Å². The molecule has 0 unspecified atom stereocenters. The molecule has 0 N–H and O–H groups in total. The van der Waals surface area contributed by atoms with Crippen molar-refractivity contribution in [3.63, 3.8) is 0 Å². The Kier molecular flexibility index (Phi) is 22.1. The molecule has 104 valence electrons. The summed E-state index contributed by atoms with van der Waals surface area (Å²) in [5, 5.41) is 16.7. The van der Waals surface area contributed by atoms with Crippen molar-refractivity contribution >= 4 is 0 Å². The van der Waals surface area contributed by atoms with Crippen LogP contribution in [0.2, 0.25) is 0 Å². The van der Waals surface area contributed by atoms with Gasteiger partial charge in [-0.1, -0.05) is 6.42 Å². The summed E-state index contributed by atoms with van der Waals surface area (Å²) in [5.74, 6) is 0. The third-order valence-electron chi connectivity index (χ3n) is 1.83. The van der Waals surface area contributed by atoms with Crippen LogP contribution in [-0.4, -0.2) is 0 Å². The fourth-order valence-corrected chi connectivity index (χ4v) is 1.05. The predicted molar refractivity (Wildman–Crippen MR) is 70.1 cm³/mol. The Balaban J connectivity index is -0.000000273. The van der Waals surface area contributed by atoms with Gasteiger partial charge in [0.15, 0.2) is 0 Å². The van der Waals surface area contributed by atoms with Crippen LogP contribution in [0, 0.1) is 42.4 Å². The minimum absolute atomic E-state index is 0. The first kappa shape index (κ1) is 23.5. The second-order valence-corrected chi connectivity index (χ2v) is 2.97. The zero-order valence-electron chi connectivity index (χ0n) is 10.8. The molecule has 0 aliphatic rings. The van der Waals surface area contributed by atoms with Crippen molar-refractivity contribution in [3.05, 3.63) is 85.4 Å². The molecular formula is C16H10FeN2O2. The quantitative estimate of drug-likeness (QED) is 0.460. The van der Waals surface area contributed by atoms with Gasteiger partial charge in [0.1, 0.15) is 0 Å². The van der Waals surface area contributed by atoms with E-state index in [1.807, 2.05) is 42.5 Å². The minimum Gasteiger partial charge on any atom is -0.214 e. The van der Waals surface area contributed by atoms with E-state index >= 15 is 0 Å². The van der Waals surface area contributed by atoms with Gasteiger partial charge in [0.2, 0.25) is 0 Å². The van der Waals surface area contributed by atoms with Gasteiger partial charge in [-0.05, 0) is 0 Å². The number of hydrogen-bond acceptors (Lipinski definition) is 2. The van der Waals surface area contributed by atoms with Gasteiger partial charge in [0, 0.05) is 11.6 Å². The van der Waals surface area contributed by atoms with Crippen LogP contribution in [0.1, 0.15) is 11.1 Å². The smallest absolute Gasteiger partial charge is 0.214 e. The molecule has 0 bridgehead atoms. The van der Waals surface area contributed by atoms with Gasteiger partial charge < -0.3 is 0 Å². The SMILES string of the molecule is N#C[CH-]c1ccc(C#N)cc1.[C-]#[O+].[C-]#[O+].[Fe+2].c1cc[cH-]c1. The maximum Gasteiger partial charge on any atom is 2.00 e. The van der Waals surface area contributed by atoms with Gasteiger partial charge in [-0.15, -0.1) is 12.1 Å². The summed E-state index contributed by atoms with van der Waals surface area (Å²) in [6, 6.07) is 20.8. The van der Waals surface area contributed by atoms with Crippen molar-refractivity contribution in [1.82, 2.24) is 0 Å². The summed E-state index contributed by atoms with van der Waals surface area (Å²) in [4.78, 5) is 0. The second-order valence-electron chi connectivity index (χ2n) is 2.97. The van der Waals surface area contributed by atoms with E-state index < -0.39 is 0 Å². The molecular weight excluding hydrogens is 308 g/mol. The largest absolute Gasteiger partial charge is 2.00 e. The molecule has 2 aromatic rings. The molecule has 0 atom stereocenters. The first-order valence-corrected chi connectivity index (χ1v) is 5.17. The Hall–Kier alpha value is -2.58. The van der Waals surface area contributed by atoms with E-state index in [2.05, 4.69) is 13.3 Å². The van der Waals surface area contributed by atoms with E-state index in [0.29, 0.717) is 5.56 Å². The molecule has 0 saturated carbocycles. The van der Waals surface area contributed by atoms with E-state index in [4.69, 9.17) is 19.8 Å². The summed E-state index contributed by atoms with van der Waals surface area (Å²) in [6.07, 6.45) is 1.43. The number of nitrogens with zero attached hydrogens (tertiary/aromatic N) is 2. The summed E-state index contributed by atoms with van der Waals surface area (Å²) in [6.45, 7) is 9.00. The third-order valence-corrected chi connectivity index (χ3v) is 1.83. The third kappa shape index (κ3) is 13.6. The standard InChI is InChI=1S/C9H5N2.C5H5.2CO.Fe/c10-6-5-8-1-3-9(7-11)4-2-8;1-2-4-5-3-1;2*1-2;/h1-5H;1-5H;;;/q2*-1;;;+2. The van der Waals surface area contributed by atoms with Crippen LogP contribution >= 0.6 is 0 Å². The number of nitriles is 2. The van der Waals surface area contributed by atoms with E-state index in [1.165, 1.54) is 6.42 Å². The van der Waals surface area contributed by atoms with Crippen molar-refractivity contribution in [2.75, 3.05) is 0 Å². The monoisotopic (exact) mass is 318 g/mol. The average molecular weight is 318 g/mol. The van der Waals surface area contributed by atoms with E-state index in [9.17, 15) is 0 Å². The van der Waals surface area contributed by atoms with Gasteiger partial charge in [0.05, 0.1) is 6.07 Å². The number of benzene rings is 1. The van der Waals surface area contributed by atoms with Crippen molar-refractivity contribution in [1.29, 1.82) is 10.5 Å². The zero-order valence-corrected chi connectivity index (χ0v) is 11.9. The molecule has 21 heavy (non-hydrogen) atoms. The van der Waals surface area contributed by atoms with Crippen molar-refractivity contribution < 1.29 is 26.4 Å². The Morgan fingerprint density at radius 3 is 1.71 bits per heavy atom. The first-order chi connectivity index (χ1) is 9.86. The molecule has 0 radical (unpaired) electrons.